The molecule has 0 atom stereocenters. The zero-order valence-corrected chi connectivity index (χ0v) is 19.3. The molecular formula is C24H28O6Si. The van der Waals surface area contributed by atoms with Gasteiger partial charge in [0, 0.05) is 6.92 Å². The number of esters is 3. The molecule has 0 N–H and O–H groups in total. The molecule has 0 spiro atoms. The molecule has 0 aliphatic carbocycles. The van der Waals surface area contributed by atoms with Gasteiger partial charge in [0.15, 0.2) is 5.92 Å². The molecule has 0 aromatic heterocycles. The molecule has 0 fully saturated rings. The van der Waals surface area contributed by atoms with Crippen molar-refractivity contribution < 1.29 is 28.6 Å². The van der Waals surface area contributed by atoms with Gasteiger partial charge in [-0.15, -0.1) is 0 Å². The Kier molecular flexibility index (Phi) is 8.75. The monoisotopic (exact) mass is 440 g/mol. The van der Waals surface area contributed by atoms with Crippen molar-refractivity contribution in [3.05, 3.63) is 71.9 Å². The third-order valence-electron chi connectivity index (χ3n) is 5.36. The summed E-state index contributed by atoms with van der Waals surface area (Å²) in [5, 5.41) is 3.07. The largest absolute Gasteiger partial charge is 0.468 e. The molecule has 6 nitrogen and oxygen atoms in total. The van der Waals surface area contributed by atoms with Crippen LogP contribution >= 0.6 is 0 Å². The van der Waals surface area contributed by atoms with Crippen molar-refractivity contribution in [1.29, 1.82) is 0 Å². The van der Waals surface area contributed by atoms with Crippen molar-refractivity contribution in [2.45, 2.75) is 19.9 Å². The highest BCUT2D eigenvalue weighted by molar-refractivity contribution is 7.06. The fraction of sp³-hybridized carbons (Fsp3) is 0.292. The van der Waals surface area contributed by atoms with E-state index < -0.39 is 31.9 Å². The number of allylic oxidation sites excluding steroid dienone is 1. The van der Waals surface area contributed by atoms with Crippen molar-refractivity contribution in [2.75, 3.05) is 20.8 Å². The van der Waals surface area contributed by atoms with E-state index in [4.69, 9.17) is 14.2 Å². The van der Waals surface area contributed by atoms with Gasteiger partial charge in [-0.2, -0.15) is 0 Å². The standard InChI is InChI=1S/C24H28O6Si/c1-18(25)30-16-15-21(17-22(23(26)28-2)24(27)29-3)31(4,19-11-7-5-8-12-19)20-13-9-6-10-14-20/h5-15,22H,16-17H2,1-4H3/b21-15+. The summed E-state index contributed by atoms with van der Waals surface area (Å²) in [5.41, 5.74) is 0. The number of benzene rings is 2. The van der Waals surface area contributed by atoms with Gasteiger partial charge in [0.05, 0.1) is 14.2 Å². The SMILES string of the molecule is COC(=O)C(C/C(=C\COC(C)=O)[Si](C)(c1ccccc1)c1ccccc1)C(=O)OC. The van der Waals surface area contributed by atoms with Crippen LogP contribution in [0.5, 0.6) is 0 Å². The molecular weight excluding hydrogens is 412 g/mol. The maximum absolute atomic E-state index is 12.4. The maximum Gasteiger partial charge on any atom is 0.320 e. The van der Waals surface area contributed by atoms with Crippen molar-refractivity contribution in [2.24, 2.45) is 5.92 Å². The molecule has 0 heterocycles. The van der Waals surface area contributed by atoms with Crippen LogP contribution in [0.15, 0.2) is 71.9 Å². The van der Waals surface area contributed by atoms with Gasteiger partial charge in [-0.05, 0) is 16.8 Å². The third-order valence-corrected chi connectivity index (χ3v) is 10.0. The molecule has 31 heavy (non-hydrogen) atoms. The Bertz CT molecular complexity index is 868. The molecule has 164 valence electrons. The summed E-state index contributed by atoms with van der Waals surface area (Å²) in [6.07, 6.45) is 1.92. The smallest absolute Gasteiger partial charge is 0.320 e. The fourth-order valence-electron chi connectivity index (χ4n) is 3.60. The quantitative estimate of drug-likeness (QED) is 0.258. The van der Waals surface area contributed by atoms with E-state index >= 15 is 0 Å². The summed E-state index contributed by atoms with van der Waals surface area (Å²) < 4.78 is 14.9. The van der Waals surface area contributed by atoms with Crippen LogP contribution in [-0.2, 0) is 28.6 Å². The second-order valence-electron chi connectivity index (χ2n) is 7.19. The van der Waals surface area contributed by atoms with Gasteiger partial charge in [-0.1, -0.05) is 78.5 Å². The Morgan fingerprint density at radius 3 is 1.71 bits per heavy atom. The lowest BCUT2D eigenvalue weighted by atomic mass is 10.1. The van der Waals surface area contributed by atoms with Crippen molar-refractivity contribution in [3.8, 4) is 0 Å². The normalized spacial score (nSPS) is 11.7. The van der Waals surface area contributed by atoms with Crippen LogP contribution in [0.4, 0.5) is 0 Å². The number of carbonyl (C=O) groups excluding carboxylic acids is 3. The molecule has 0 bridgehead atoms. The molecule has 0 saturated carbocycles. The molecule has 2 rings (SSSR count). The minimum Gasteiger partial charge on any atom is -0.468 e. The van der Waals surface area contributed by atoms with E-state index in [2.05, 4.69) is 6.55 Å². The molecule has 7 heteroatoms. The van der Waals surface area contributed by atoms with Crippen LogP contribution in [-0.4, -0.2) is 46.8 Å². The number of ether oxygens (including phenoxy) is 3. The molecule has 0 amide bonds. The number of methoxy groups -OCH3 is 2. The van der Waals surface area contributed by atoms with E-state index in [0.29, 0.717) is 0 Å². The number of carbonyl (C=O) groups is 3. The summed E-state index contributed by atoms with van der Waals surface area (Å²) in [4.78, 5) is 36.2. The Morgan fingerprint density at radius 1 is 0.871 bits per heavy atom. The summed E-state index contributed by atoms with van der Waals surface area (Å²) in [7, 11) is -0.146. The second-order valence-corrected chi connectivity index (χ2v) is 11.2. The van der Waals surface area contributed by atoms with E-state index in [1.807, 2.05) is 66.7 Å². The van der Waals surface area contributed by atoms with Crippen molar-refractivity contribution in [1.82, 2.24) is 0 Å². The Balaban J connectivity index is 2.65. The highest BCUT2D eigenvalue weighted by Gasteiger charge is 2.40. The molecule has 0 aliphatic heterocycles. The van der Waals surface area contributed by atoms with Gasteiger partial charge < -0.3 is 14.2 Å². The van der Waals surface area contributed by atoms with Gasteiger partial charge in [0.25, 0.3) is 0 Å². The van der Waals surface area contributed by atoms with Crippen LogP contribution in [0.1, 0.15) is 13.3 Å². The minimum atomic E-state index is -2.63. The summed E-state index contributed by atoms with van der Waals surface area (Å²) >= 11 is 0. The predicted octanol–water partition coefficient (Wildman–Crippen LogP) is 2.26. The van der Waals surface area contributed by atoms with Gasteiger partial charge >= 0.3 is 17.9 Å². The number of rotatable bonds is 9. The predicted molar refractivity (Wildman–Crippen MR) is 121 cm³/mol. The van der Waals surface area contributed by atoms with E-state index in [0.717, 1.165) is 15.6 Å². The van der Waals surface area contributed by atoms with E-state index in [1.54, 1.807) is 0 Å². The summed E-state index contributed by atoms with van der Waals surface area (Å²) in [6, 6.07) is 19.9. The van der Waals surface area contributed by atoms with Crippen LogP contribution in [0.2, 0.25) is 6.55 Å². The lowest BCUT2D eigenvalue weighted by molar-refractivity contribution is -0.158. The third kappa shape index (κ3) is 5.92. The highest BCUT2D eigenvalue weighted by atomic mass is 28.3. The molecule has 0 unspecified atom stereocenters. The first-order valence-electron chi connectivity index (χ1n) is 9.94. The first-order chi connectivity index (χ1) is 14.8. The van der Waals surface area contributed by atoms with Gasteiger partial charge in [-0.3, -0.25) is 14.4 Å². The number of hydrogen-bond donors (Lipinski definition) is 0. The van der Waals surface area contributed by atoms with Gasteiger partial charge in [0.2, 0.25) is 0 Å². The molecule has 0 aliphatic rings. The van der Waals surface area contributed by atoms with Gasteiger partial charge in [0.1, 0.15) is 14.7 Å². The first-order valence-corrected chi connectivity index (χ1v) is 12.4. The Morgan fingerprint density at radius 2 is 1.32 bits per heavy atom. The zero-order chi connectivity index (χ0) is 22.9. The average Bonchev–Trinajstić information content (AvgIpc) is 2.80. The van der Waals surface area contributed by atoms with Crippen LogP contribution in [0, 0.1) is 5.92 Å². The summed E-state index contributed by atoms with van der Waals surface area (Å²) in [5.74, 6) is -2.85. The topological polar surface area (TPSA) is 78.9 Å². The van der Waals surface area contributed by atoms with Gasteiger partial charge in [-0.25, -0.2) is 0 Å². The molecule has 0 saturated heterocycles. The lowest BCUT2D eigenvalue weighted by Gasteiger charge is -2.33. The first kappa shape index (κ1) is 24.1. The van der Waals surface area contributed by atoms with Crippen molar-refractivity contribution >= 4 is 36.4 Å². The Labute approximate surface area is 183 Å². The Hall–Kier alpha value is -3.19. The van der Waals surface area contributed by atoms with Crippen LogP contribution in [0.3, 0.4) is 0 Å². The van der Waals surface area contributed by atoms with Crippen LogP contribution < -0.4 is 10.4 Å². The molecule has 2 aromatic rings. The van der Waals surface area contributed by atoms with E-state index in [-0.39, 0.29) is 13.0 Å². The second kappa shape index (κ2) is 11.3. The molecule has 2 aromatic carbocycles. The summed E-state index contributed by atoms with van der Waals surface area (Å²) in [6.45, 7) is 3.54. The minimum absolute atomic E-state index is 0.0436. The highest BCUT2D eigenvalue weighted by Crippen LogP contribution is 2.25. The average molecular weight is 441 g/mol. The van der Waals surface area contributed by atoms with E-state index in [1.165, 1.54) is 21.1 Å². The molecule has 0 radical (unpaired) electrons. The maximum atomic E-state index is 12.4. The lowest BCUT2D eigenvalue weighted by Crippen LogP contribution is -2.58. The number of hydrogen-bond acceptors (Lipinski definition) is 6. The van der Waals surface area contributed by atoms with Crippen molar-refractivity contribution in [3.63, 3.8) is 0 Å². The fourth-order valence-corrected chi connectivity index (χ4v) is 7.50. The zero-order valence-electron chi connectivity index (χ0n) is 18.3. The van der Waals surface area contributed by atoms with Crippen LogP contribution in [0.25, 0.3) is 0 Å². The van der Waals surface area contributed by atoms with E-state index in [9.17, 15) is 14.4 Å².